The van der Waals surface area contributed by atoms with Gasteiger partial charge in [0.1, 0.15) is 5.82 Å². The minimum absolute atomic E-state index is 0.752. The van der Waals surface area contributed by atoms with Crippen LogP contribution < -0.4 is 4.90 Å². The Balaban J connectivity index is 2.26. The molecular formula is C21H27ClN4. The molecule has 2 aromatic heterocycles. The second kappa shape index (κ2) is 7.67. The number of rotatable bonds is 6. The fraction of sp³-hybridized carbons (Fsp3) is 0.429. The van der Waals surface area contributed by atoms with Gasteiger partial charge in [-0.2, -0.15) is 9.61 Å². The van der Waals surface area contributed by atoms with Gasteiger partial charge in [-0.25, -0.2) is 4.98 Å². The molecule has 0 unspecified atom stereocenters. The summed E-state index contributed by atoms with van der Waals surface area (Å²) in [5, 5.41) is 5.61. The van der Waals surface area contributed by atoms with Gasteiger partial charge < -0.3 is 4.90 Å². The van der Waals surface area contributed by atoms with E-state index in [-0.39, 0.29) is 0 Å². The van der Waals surface area contributed by atoms with Gasteiger partial charge in [0.25, 0.3) is 0 Å². The van der Waals surface area contributed by atoms with Crippen LogP contribution in [0.1, 0.15) is 43.6 Å². The Kier molecular flexibility index (Phi) is 5.52. The average molecular weight is 371 g/mol. The van der Waals surface area contributed by atoms with Crippen molar-refractivity contribution >= 4 is 23.1 Å². The molecule has 0 fully saturated rings. The quantitative estimate of drug-likeness (QED) is 0.566. The van der Waals surface area contributed by atoms with Gasteiger partial charge >= 0.3 is 0 Å². The number of anilines is 1. The first-order valence-corrected chi connectivity index (χ1v) is 9.72. The summed E-state index contributed by atoms with van der Waals surface area (Å²) in [5.41, 5.74) is 6.29. The number of benzene rings is 1. The minimum atomic E-state index is 0.752. The van der Waals surface area contributed by atoms with E-state index in [4.69, 9.17) is 21.7 Å². The number of fused-ring (bicyclic) bond motifs is 1. The minimum Gasteiger partial charge on any atom is -0.356 e. The molecule has 0 spiro atoms. The Labute approximate surface area is 160 Å². The molecule has 3 rings (SSSR count). The van der Waals surface area contributed by atoms with Crippen molar-refractivity contribution in [2.75, 3.05) is 18.0 Å². The highest BCUT2D eigenvalue weighted by molar-refractivity contribution is 6.30. The molecule has 0 bridgehead atoms. The molecule has 3 aromatic rings. The monoisotopic (exact) mass is 370 g/mol. The number of halogens is 1. The van der Waals surface area contributed by atoms with Crippen molar-refractivity contribution in [3.05, 3.63) is 46.2 Å². The second-order valence-electron chi connectivity index (χ2n) is 6.90. The maximum atomic E-state index is 6.15. The van der Waals surface area contributed by atoms with Crippen molar-refractivity contribution in [3.63, 3.8) is 0 Å². The zero-order chi connectivity index (χ0) is 18.8. The van der Waals surface area contributed by atoms with Gasteiger partial charge in [0.2, 0.25) is 0 Å². The van der Waals surface area contributed by atoms with E-state index in [0.29, 0.717) is 0 Å². The van der Waals surface area contributed by atoms with E-state index in [2.05, 4.69) is 51.7 Å². The Morgan fingerprint density at radius 2 is 1.73 bits per heavy atom. The van der Waals surface area contributed by atoms with Crippen molar-refractivity contribution in [3.8, 4) is 11.1 Å². The number of nitrogens with zero attached hydrogens (tertiary/aromatic N) is 4. The smallest absolute Gasteiger partial charge is 0.165 e. The van der Waals surface area contributed by atoms with Crippen molar-refractivity contribution < 1.29 is 0 Å². The van der Waals surface area contributed by atoms with Gasteiger partial charge in [-0.3, -0.25) is 0 Å². The molecule has 0 saturated carbocycles. The third-order valence-corrected chi connectivity index (χ3v) is 4.88. The van der Waals surface area contributed by atoms with Crippen LogP contribution in [0.3, 0.4) is 0 Å². The summed E-state index contributed by atoms with van der Waals surface area (Å²) < 4.78 is 2.01. The summed E-state index contributed by atoms with van der Waals surface area (Å²) in [4.78, 5) is 7.25. The highest BCUT2D eigenvalue weighted by atomic mass is 35.5. The molecular weight excluding hydrogens is 344 g/mol. The zero-order valence-corrected chi connectivity index (χ0v) is 17.1. The van der Waals surface area contributed by atoms with Crippen molar-refractivity contribution in [2.45, 2.75) is 47.5 Å². The molecule has 5 heteroatoms. The summed E-state index contributed by atoms with van der Waals surface area (Å²) in [6.45, 7) is 12.7. The standard InChI is InChI=1S/C21H27ClN4/c1-6-10-25(11-7-2)19-13-15(4)23-21-20(16(5)24-26(19)21)18-9-8-17(22)12-14(18)3/h8-9,12-13H,6-7,10-11H2,1-5H3. The summed E-state index contributed by atoms with van der Waals surface area (Å²) in [7, 11) is 0. The van der Waals surface area contributed by atoms with Crippen LogP contribution in [-0.4, -0.2) is 27.7 Å². The lowest BCUT2D eigenvalue weighted by atomic mass is 10.0. The van der Waals surface area contributed by atoms with Crippen LogP contribution in [0.15, 0.2) is 24.3 Å². The first kappa shape index (κ1) is 18.7. The van der Waals surface area contributed by atoms with Crippen molar-refractivity contribution in [1.82, 2.24) is 14.6 Å². The van der Waals surface area contributed by atoms with Gasteiger partial charge in [0.15, 0.2) is 5.65 Å². The molecule has 0 atom stereocenters. The van der Waals surface area contributed by atoms with Gasteiger partial charge in [0, 0.05) is 35.4 Å². The van der Waals surface area contributed by atoms with E-state index in [9.17, 15) is 0 Å². The summed E-state index contributed by atoms with van der Waals surface area (Å²) in [5.74, 6) is 1.12. The van der Waals surface area contributed by atoms with Crippen LogP contribution in [0.5, 0.6) is 0 Å². The van der Waals surface area contributed by atoms with Gasteiger partial charge in [0.05, 0.1) is 5.69 Å². The van der Waals surface area contributed by atoms with E-state index in [1.807, 2.05) is 16.6 Å². The molecule has 0 radical (unpaired) electrons. The van der Waals surface area contributed by atoms with Gasteiger partial charge in [-0.15, -0.1) is 0 Å². The second-order valence-corrected chi connectivity index (χ2v) is 7.33. The SMILES string of the molecule is CCCN(CCC)c1cc(C)nc2c(-c3ccc(Cl)cc3C)c(C)nn12. The third kappa shape index (κ3) is 3.43. The molecule has 26 heavy (non-hydrogen) atoms. The summed E-state index contributed by atoms with van der Waals surface area (Å²) >= 11 is 6.15. The molecule has 0 aliphatic rings. The number of hydrogen-bond donors (Lipinski definition) is 0. The van der Waals surface area contributed by atoms with Crippen LogP contribution in [0.4, 0.5) is 5.82 Å². The van der Waals surface area contributed by atoms with Crippen LogP contribution in [-0.2, 0) is 0 Å². The maximum Gasteiger partial charge on any atom is 0.165 e. The highest BCUT2D eigenvalue weighted by Crippen LogP contribution is 2.33. The maximum absolute atomic E-state index is 6.15. The van der Waals surface area contributed by atoms with E-state index in [1.165, 1.54) is 0 Å². The molecule has 138 valence electrons. The van der Waals surface area contributed by atoms with Crippen molar-refractivity contribution in [2.24, 2.45) is 0 Å². The van der Waals surface area contributed by atoms with Crippen LogP contribution in [0, 0.1) is 20.8 Å². The number of hydrogen-bond acceptors (Lipinski definition) is 3. The zero-order valence-electron chi connectivity index (χ0n) is 16.3. The molecule has 2 heterocycles. The van der Waals surface area contributed by atoms with E-state index < -0.39 is 0 Å². The van der Waals surface area contributed by atoms with Gasteiger partial charge in [-0.05, 0) is 56.9 Å². The lowest BCUT2D eigenvalue weighted by Gasteiger charge is -2.24. The fourth-order valence-electron chi connectivity index (χ4n) is 3.55. The van der Waals surface area contributed by atoms with Crippen LogP contribution in [0.25, 0.3) is 16.8 Å². The number of aryl methyl sites for hydroxylation is 3. The molecule has 0 saturated heterocycles. The Morgan fingerprint density at radius 3 is 2.35 bits per heavy atom. The number of aromatic nitrogens is 3. The summed E-state index contributed by atoms with van der Waals surface area (Å²) in [6, 6.07) is 8.14. The predicted molar refractivity (Wildman–Crippen MR) is 110 cm³/mol. The topological polar surface area (TPSA) is 33.4 Å². The van der Waals surface area contributed by atoms with E-state index >= 15 is 0 Å². The fourth-order valence-corrected chi connectivity index (χ4v) is 3.78. The Hall–Kier alpha value is -2.07. The van der Waals surface area contributed by atoms with E-state index in [0.717, 1.165) is 70.5 Å². The van der Waals surface area contributed by atoms with Crippen LogP contribution in [0.2, 0.25) is 5.02 Å². The van der Waals surface area contributed by atoms with Crippen molar-refractivity contribution in [1.29, 1.82) is 0 Å². The summed E-state index contributed by atoms with van der Waals surface area (Å²) in [6.07, 6.45) is 2.21. The van der Waals surface area contributed by atoms with E-state index in [1.54, 1.807) is 0 Å². The highest BCUT2D eigenvalue weighted by Gasteiger charge is 2.19. The average Bonchev–Trinajstić information content (AvgIpc) is 2.90. The molecule has 0 aliphatic carbocycles. The lowest BCUT2D eigenvalue weighted by molar-refractivity contribution is 0.713. The van der Waals surface area contributed by atoms with Gasteiger partial charge in [-0.1, -0.05) is 31.5 Å². The van der Waals surface area contributed by atoms with Crippen LogP contribution >= 0.6 is 11.6 Å². The predicted octanol–water partition coefficient (Wildman–Crippen LogP) is 5.60. The first-order chi connectivity index (χ1) is 12.5. The molecule has 0 aliphatic heterocycles. The molecule has 0 N–H and O–H groups in total. The first-order valence-electron chi connectivity index (χ1n) is 9.34. The molecule has 0 amide bonds. The molecule has 1 aromatic carbocycles. The largest absolute Gasteiger partial charge is 0.356 e. The Morgan fingerprint density at radius 1 is 1.04 bits per heavy atom. The molecule has 4 nitrogen and oxygen atoms in total. The lowest BCUT2D eigenvalue weighted by Crippen LogP contribution is -2.27. The Bertz CT molecular complexity index is 923. The third-order valence-electron chi connectivity index (χ3n) is 4.64. The normalized spacial score (nSPS) is 11.3.